The van der Waals surface area contributed by atoms with E-state index in [1.54, 1.807) is 18.7 Å². The van der Waals surface area contributed by atoms with Crippen molar-refractivity contribution in [2.45, 2.75) is 51.0 Å². The molecule has 1 saturated heterocycles. The van der Waals surface area contributed by atoms with Crippen LogP contribution in [-0.4, -0.2) is 78.2 Å². The zero-order valence-electron chi connectivity index (χ0n) is 18.3. The van der Waals surface area contributed by atoms with Crippen molar-refractivity contribution in [3.8, 4) is 0 Å². The Bertz CT molecular complexity index is 956. The monoisotopic (exact) mass is 452 g/mol. The van der Waals surface area contributed by atoms with Gasteiger partial charge in [-0.2, -0.15) is 4.31 Å². The van der Waals surface area contributed by atoms with Gasteiger partial charge in [-0.1, -0.05) is 26.7 Å². The van der Waals surface area contributed by atoms with Crippen molar-refractivity contribution in [3.63, 3.8) is 0 Å². The normalized spacial score (nSPS) is 18.0. The van der Waals surface area contributed by atoms with E-state index in [-0.39, 0.29) is 29.2 Å². The first kappa shape index (κ1) is 23.5. The third-order valence-electron chi connectivity index (χ3n) is 6.25. The Kier molecular flexibility index (Phi) is 7.53. The summed E-state index contributed by atoms with van der Waals surface area (Å²) in [5, 5.41) is 0. The van der Waals surface area contributed by atoms with Crippen molar-refractivity contribution in [2.24, 2.45) is 5.92 Å². The van der Waals surface area contributed by atoms with E-state index in [1.807, 2.05) is 4.90 Å². The number of rotatable bonds is 7. The summed E-state index contributed by atoms with van der Waals surface area (Å²) in [6.07, 6.45) is 5.36. The van der Waals surface area contributed by atoms with Crippen molar-refractivity contribution in [1.82, 2.24) is 18.7 Å². The minimum atomic E-state index is -3.72. The molecule has 9 nitrogen and oxygen atoms in total. The first-order valence-corrected chi connectivity index (χ1v) is 12.5. The first-order chi connectivity index (χ1) is 14.8. The molecule has 2 aliphatic rings. The van der Waals surface area contributed by atoms with Gasteiger partial charge in [-0.15, -0.1) is 0 Å². The second-order valence-corrected chi connectivity index (χ2v) is 10.0. The minimum Gasteiger partial charge on any atom is -0.339 e. The van der Waals surface area contributed by atoms with Gasteiger partial charge in [0.2, 0.25) is 21.8 Å². The van der Waals surface area contributed by atoms with Crippen LogP contribution >= 0.6 is 0 Å². The lowest BCUT2D eigenvalue weighted by atomic mass is 10.1. The Morgan fingerprint density at radius 2 is 1.58 bits per heavy atom. The Morgan fingerprint density at radius 1 is 1.00 bits per heavy atom. The van der Waals surface area contributed by atoms with Gasteiger partial charge >= 0.3 is 0 Å². The number of amides is 2. The van der Waals surface area contributed by atoms with Gasteiger partial charge < -0.3 is 14.4 Å². The molecule has 0 unspecified atom stereocenters. The number of piperazine rings is 1. The zero-order valence-corrected chi connectivity index (χ0v) is 19.1. The summed E-state index contributed by atoms with van der Waals surface area (Å²) in [5.74, 6) is 0.0545. The van der Waals surface area contributed by atoms with Gasteiger partial charge in [0.25, 0.3) is 5.56 Å². The molecule has 0 atom stereocenters. The minimum absolute atomic E-state index is 0.00409. The maximum Gasteiger partial charge on any atom is 0.251 e. The van der Waals surface area contributed by atoms with Crippen molar-refractivity contribution in [1.29, 1.82) is 0 Å². The SMILES string of the molecule is CCN(CC)S(=O)(=O)c1ccc(=O)n(CC(=O)N2CCN(C(=O)C3CCCC3)CC2)c1. The number of carbonyl (C=O) groups is 2. The Morgan fingerprint density at radius 3 is 2.16 bits per heavy atom. The molecule has 31 heavy (non-hydrogen) atoms. The van der Waals surface area contributed by atoms with Crippen molar-refractivity contribution in [2.75, 3.05) is 39.3 Å². The van der Waals surface area contributed by atoms with E-state index in [1.165, 1.54) is 22.6 Å². The van der Waals surface area contributed by atoms with E-state index in [9.17, 15) is 22.8 Å². The molecule has 3 rings (SSSR count). The Balaban J connectivity index is 1.64. The molecule has 2 amide bonds. The van der Waals surface area contributed by atoms with Crippen LogP contribution in [0.3, 0.4) is 0 Å². The summed E-state index contributed by atoms with van der Waals surface area (Å²) in [6.45, 7) is 5.74. The second kappa shape index (κ2) is 9.95. The molecule has 2 heterocycles. The maximum atomic E-state index is 12.8. The molecule has 10 heteroatoms. The lowest BCUT2D eigenvalue weighted by Crippen LogP contribution is -2.52. The molecule has 0 radical (unpaired) electrons. The molecule has 2 fully saturated rings. The van der Waals surface area contributed by atoms with Gasteiger partial charge in [0.1, 0.15) is 6.54 Å². The topological polar surface area (TPSA) is 100 Å². The van der Waals surface area contributed by atoms with Crippen LogP contribution in [0.2, 0.25) is 0 Å². The largest absolute Gasteiger partial charge is 0.339 e. The number of hydrogen-bond donors (Lipinski definition) is 0. The highest BCUT2D eigenvalue weighted by atomic mass is 32.2. The van der Waals surface area contributed by atoms with E-state index in [2.05, 4.69) is 0 Å². The molecule has 1 saturated carbocycles. The molecule has 1 aliphatic heterocycles. The van der Waals surface area contributed by atoms with Gasteiger partial charge in [0, 0.05) is 57.4 Å². The van der Waals surface area contributed by atoms with Crippen molar-refractivity contribution < 1.29 is 18.0 Å². The predicted molar refractivity (Wildman–Crippen MR) is 116 cm³/mol. The van der Waals surface area contributed by atoms with E-state index in [4.69, 9.17) is 0 Å². The average molecular weight is 453 g/mol. The van der Waals surface area contributed by atoms with Crippen LogP contribution in [0.1, 0.15) is 39.5 Å². The lowest BCUT2D eigenvalue weighted by Gasteiger charge is -2.36. The highest BCUT2D eigenvalue weighted by Crippen LogP contribution is 2.27. The molecular formula is C21H32N4O5S. The molecule has 0 spiro atoms. The summed E-state index contributed by atoms with van der Waals surface area (Å²) >= 11 is 0. The number of nitrogens with zero attached hydrogens (tertiary/aromatic N) is 4. The zero-order chi connectivity index (χ0) is 22.6. The van der Waals surface area contributed by atoms with E-state index in [0.717, 1.165) is 30.3 Å². The maximum absolute atomic E-state index is 12.8. The Hall–Kier alpha value is -2.20. The molecule has 1 aliphatic carbocycles. The highest BCUT2D eigenvalue weighted by Gasteiger charge is 2.30. The number of aromatic nitrogens is 1. The number of hydrogen-bond acceptors (Lipinski definition) is 5. The summed E-state index contributed by atoms with van der Waals surface area (Å²) in [5.41, 5.74) is -0.429. The fourth-order valence-electron chi connectivity index (χ4n) is 4.35. The van der Waals surface area contributed by atoms with Gasteiger partial charge in [0.05, 0.1) is 4.90 Å². The molecule has 1 aromatic heterocycles. The summed E-state index contributed by atoms with van der Waals surface area (Å²) in [7, 11) is -3.72. The molecule has 0 aromatic carbocycles. The third-order valence-corrected chi connectivity index (χ3v) is 8.29. The van der Waals surface area contributed by atoms with Crippen LogP contribution in [0.15, 0.2) is 28.0 Å². The average Bonchev–Trinajstić information content (AvgIpc) is 3.30. The quantitative estimate of drug-likeness (QED) is 0.608. The molecule has 0 bridgehead atoms. The Labute approximate surface area is 183 Å². The fourth-order valence-corrected chi connectivity index (χ4v) is 5.83. The van der Waals surface area contributed by atoms with E-state index in [0.29, 0.717) is 39.3 Å². The second-order valence-electron chi connectivity index (χ2n) is 8.11. The summed E-state index contributed by atoms with van der Waals surface area (Å²) in [4.78, 5) is 41.0. The van der Waals surface area contributed by atoms with Gasteiger partial charge in [-0.05, 0) is 18.9 Å². The van der Waals surface area contributed by atoms with Crippen LogP contribution in [0.4, 0.5) is 0 Å². The van der Waals surface area contributed by atoms with Crippen molar-refractivity contribution in [3.05, 3.63) is 28.7 Å². The van der Waals surface area contributed by atoms with Crippen LogP contribution < -0.4 is 5.56 Å². The number of carbonyl (C=O) groups excluding carboxylic acids is 2. The number of sulfonamides is 1. The smallest absolute Gasteiger partial charge is 0.251 e. The predicted octanol–water partition coefficient (Wildman–Crippen LogP) is 0.740. The molecule has 0 N–H and O–H groups in total. The third kappa shape index (κ3) is 5.17. The van der Waals surface area contributed by atoms with E-state index < -0.39 is 15.6 Å². The standard InChI is InChI=1S/C21H32N4O5S/c1-3-25(4-2)31(29,30)18-9-10-19(26)24(15-18)16-20(27)22-11-13-23(14-12-22)21(28)17-7-5-6-8-17/h9-10,15,17H,3-8,11-14,16H2,1-2H3. The highest BCUT2D eigenvalue weighted by molar-refractivity contribution is 7.89. The van der Waals surface area contributed by atoms with Crippen LogP contribution in [0, 0.1) is 5.92 Å². The fraction of sp³-hybridized carbons (Fsp3) is 0.667. The summed E-state index contributed by atoms with van der Waals surface area (Å²) < 4.78 is 27.9. The van der Waals surface area contributed by atoms with Crippen LogP contribution in [-0.2, 0) is 26.2 Å². The van der Waals surface area contributed by atoms with Crippen LogP contribution in [0.5, 0.6) is 0 Å². The molecule has 1 aromatic rings. The number of pyridine rings is 1. The van der Waals surface area contributed by atoms with Gasteiger partial charge in [-0.3, -0.25) is 14.4 Å². The first-order valence-electron chi connectivity index (χ1n) is 11.0. The lowest BCUT2D eigenvalue weighted by molar-refractivity contribution is -0.142. The molecular weight excluding hydrogens is 420 g/mol. The van der Waals surface area contributed by atoms with E-state index >= 15 is 0 Å². The molecule has 172 valence electrons. The summed E-state index contributed by atoms with van der Waals surface area (Å²) in [6, 6.07) is 2.46. The van der Waals surface area contributed by atoms with Gasteiger partial charge in [-0.25, -0.2) is 8.42 Å². The van der Waals surface area contributed by atoms with Gasteiger partial charge in [0.15, 0.2) is 0 Å². The van der Waals surface area contributed by atoms with Crippen LogP contribution in [0.25, 0.3) is 0 Å². The van der Waals surface area contributed by atoms with Crippen molar-refractivity contribution >= 4 is 21.8 Å².